The molecule has 0 radical (unpaired) electrons. The van der Waals surface area contributed by atoms with Crippen molar-refractivity contribution in [3.8, 4) is 17.0 Å². The zero-order valence-electron chi connectivity index (χ0n) is 19.0. The van der Waals surface area contributed by atoms with E-state index < -0.39 is 0 Å². The fraction of sp³-hybridized carbons (Fsp3) is 0.625. The summed E-state index contributed by atoms with van der Waals surface area (Å²) in [4.78, 5) is 18.9. The molecule has 2 saturated carbocycles. The Morgan fingerprint density at radius 2 is 1.94 bits per heavy atom. The summed E-state index contributed by atoms with van der Waals surface area (Å²) >= 11 is 0. The van der Waals surface area contributed by atoms with Crippen LogP contribution in [0.25, 0.3) is 11.3 Å². The summed E-state index contributed by atoms with van der Waals surface area (Å²) in [5, 5.41) is 4.37. The lowest BCUT2D eigenvalue weighted by molar-refractivity contribution is 0.0913. The maximum atomic E-state index is 12.4. The smallest absolute Gasteiger partial charge is 0.409 e. The van der Waals surface area contributed by atoms with E-state index in [1.165, 1.54) is 38.5 Å². The van der Waals surface area contributed by atoms with Crippen molar-refractivity contribution in [2.45, 2.75) is 71.0 Å². The van der Waals surface area contributed by atoms with E-state index in [1.807, 2.05) is 26.1 Å². The Balaban J connectivity index is 1.41. The van der Waals surface area contributed by atoms with E-state index in [-0.39, 0.29) is 12.7 Å². The number of hydrogen-bond donors (Lipinski definition) is 0. The first-order valence-corrected chi connectivity index (χ1v) is 11.5. The standard InChI is InChI=1S/C24H34N4O3/c1-17-23(31-19-10-5-4-6-11-19)13-12-21(26-17)20-14-25-28(3)22(20)16-30-24(29)27(2)15-18-8-7-9-18/h12-14,18-19H,4-11,15-16H2,1-3H3. The monoisotopic (exact) mass is 426 g/mol. The number of ether oxygens (including phenoxy) is 2. The Kier molecular flexibility index (Phi) is 6.78. The molecular weight excluding hydrogens is 392 g/mol. The Labute approximate surface area is 184 Å². The molecule has 0 aromatic carbocycles. The minimum Gasteiger partial charge on any atom is -0.489 e. The molecule has 4 rings (SSSR count). The molecule has 2 heterocycles. The van der Waals surface area contributed by atoms with Gasteiger partial charge in [0.1, 0.15) is 12.4 Å². The van der Waals surface area contributed by atoms with Crippen LogP contribution in [-0.4, -0.2) is 45.5 Å². The maximum Gasteiger partial charge on any atom is 0.409 e. The first-order valence-electron chi connectivity index (χ1n) is 11.5. The van der Waals surface area contributed by atoms with Crippen molar-refractivity contribution < 1.29 is 14.3 Å². The van der Waals surface area contributed by atoms with Crippen LogP contribution in [-0.2, 0) is 18.4 Å². The van der Waals surface area contributed by atoms with Crippen molar-refractivity contribution in [2.24, 2.45) is 13.0 Å². The molecule has 7 nitrogen and oxygen atoms in total. The van der Waals surface area contributed by atoms with Crippen LogP contribution in [0.2, 0.25) is 0 Å². The van der Waals surface area contributed by atoms with E-state index >= 15 is 0 Å². The van der Waals surface area contributed by atoms with Gasteiger partial charge >= 0.3 is 6.09 Å². The van der Waals surface area contributed by atoms with Gasteiger partial charge in [-0.1, -0.05) is 12.8 Å². The summed E-state index contributed by atoms with van der Waals surface area (Å²) in [6, 6.07) is 3.97. The van der Waals surface area contributed by atoms with Crippen molar-refractivity contribution in [3.05, 3.63) is 29.7 Å². The molecule has 0 unspecified atom stereocenters. The van der Waals surface area contributed by atoms with Crippen LogP contribution in [0, 0.1) is 12.8 Å². The van der Waals surface area contributed by atoms with E-state index in [0.29, 0.717) is 12.0 Å². The molecular formula is C24H34N4O3. The largest absolute Gasteiger partial charge is 0.489 e. The molecule has 0 bridgehead atoms. The lowest BCUT2D eigenvalue weighted by atomic mass is 9.85. The lowest BCUT2D eigenvalue weighted by Crippen LogP contribution is -2.34. The number of amides is 1. The fourth-order valence-electron chi connectivity index (χ4n) is 4.41. The van der Waals surface area contributed by atoms with Crippen molar-refractivity contribution >= 4 is 6.09 Å². The van der Waals surface area contributed by atoms with E-state index in [0.717, 1.165) is 47.8 Å². The number of carbonyl (C=O) groups excluding carboxylic acids is 1. The van der Waals surface area contributed by atoms with Crippen molar-refractivity contribution in [3.63, 3.8) is 0 Å². The van der Waals surface area contributed by atoms with Crippen LogP contribution in [0.15, 0.2) is 18.3 Å². The van der Waals surface area contributed by atoms with Crippen molar-refractivity contribution in [1.29, 1.82) is 0 Å². The normalized spacial score (nSPS) is 17.3. The predicted molar refractivity (Wildman–Crippen MR) is 119 cm³/mol. The summed E-state index contributed by atoms with van der Waals surface area (Å²) < 4.78 is 13.5. The van der Waals surface area contributed by atoms with E-state index in [9.17, 15) is 4.79 Å². The molecule has 0 aliphatic heterocycles. The highest BCUT2D eigenvalue weighted by atomic mass is 16.6. The Hall–Kier alpha value is -2.57. The molecule has 2 aliphatic carbocycles. The topological polar surface area (TPSA) is 69.5 Å². The third-order valence-corrected chi connectivity index (χ3v) is 6.62. The zero-order valence-corrected chi connectivity index (χ0v) is 19.0. The number of nitrogens with zero attached hydrogens (tertiary/aromatic N) is 4. The molecule has 2 aliphatic rings. The van der Waals surface area contributed by atoms with Crippen LogP contribution >= 0.6 is 0 Å². The molecule has 0 spiro atoms. The minimum absolute atomic E-state index is 0.167. The van der Waals surface area contributed by atoms with Gasteiger partial charge in [0.05, 0.1) is 29.4 Å². The SMILES string of the molecule is Cc1nc(-c2cnn(C)c2COC(=O)N(C)CC2CCC2)ccc1OC1CCCCC1. The van der Waals surface area contributed by atoms with Gasteiger partial charge in [0.15, 0.2) is 0 Å². The van der Waals surface area contributed by atoms with E-state index in [4.69, 9.17) is 14.5 Å². The number of pyridine rings is 1. The van der Waals surface area contributed by atoms with Crippen molar-refractivity contribution in [1.82, 2.24) is 19.7 Å². The van der Waals surface area contributed by atoms with Gasteiger partial charge in [-0.05, 0) is 63.5 Å². The summed E-state index contributed by atoms with van der Waals surface area (Å²) in [6.45, 7) is 2.91. The van der Waals surface area contributed by atoms with Gasteiger partial charge < -0.3 is 14.4 Å². The molecule has 2 aromatic heterocycles. The molecule has 168 valence electrons. The quantitative estimate of drug-likeness (QED) is 0.632. The highest BCUT2D eigenvalue weighted by Gasteiger charge is 2.23. The maximum absolute atomic E-state index is 12.4. The van der Waals surface area contributed by atoms with Gasteiger partial charge in [0.25, 0.3) is 0 Å². The summed E-state index contributed by atoms with van der Waals surface area (Å²) in [7, 11) is 3.67. The Bertz CT molecular complexity index is 900. The fourth-order valence-corrected chi connectivity index (χ4v) is 4.41. The molecule has 7 heteroatoms. The van der Waals surface area contributed by atoms with Gasteiger partial charge in [-0.25, -0.2) is 9.78 Å². The van der Waals surface area contributed by atoms with Crippen LogP contribution in [0.4, 0.5) is 4.79 Å². The van der Waals surface area contributed by atoms with Crippen molar-refractivity contribution in [2.75, 3.05) is 13.6 Å². The molecule has 0 saturated heterocycles. The third kappa shape index (κ3) is 5.20. The van der Waals surface area contributed by atoms with Crippen LogP contribution < -0.4 is 4.74 Å². The third-order valence-electron chi connectivity index (χ3n) is 6.62. The number of aromatic nitrogens is 3. The van der Waals surface area contributed by atoms with Gasteiger partial charge in [0.2, 0.25) is 0 Å². The second-order valence-electron chi connectivity index (χ2n) is 9.02. The van der Waals surface area contributed by atoms with Crippen LogP contribution in [0.1, 0.15) is 62.8 Å². The molecule has 0 atom stereocenters. The number of aryl methyl sites for hydroxylation is 2. The average molecular weight is 427 g/mol. The Morgan fingerprint density at radius 3 is 2.61 bits per heavy atom. The second-order valence-corrected chi connectivity index (χ2v) is 9.02. The summed E-state index contributed by atoms with van der Waals surface area (Å²) in [6.07, 6.45) is 11.5. The number of rotatable bonds is 7. The van der Waals surface area contributed by atoms with Gasteiger partial charge in [0, 0.05) is 26.2 Å². The molecule has 2 fully saturated rings. The minimum atomic E-state index is -0.292. The van der Waals surface area contributed by atoms with Gasteiger partial charge in [-0.15, -0.1) is 0 Å². The van der Waals surface area contributed by atoms with E-state index in [1.54, 1.807) is 22.8 Å². The first kappa shape index (κ1) is 21.7. The Morgan fingerprint density at radius 1 is 1.16 bits per heavy atom. The van der Waals surface area contributed by atoms with E-state index in [2.05, 4.69) is 5.10 Å². The van der Waals surface area contributed by atoms with Gasteiger partial charge in [-0.3, -0.25) is 4.68 Å². The summed E-state index contributed by atoms with van der Waals surface area (Å²) in [5.74, 6) is 1.47. The zero-order chi connectivity index (χ0) is 21.8. The highest BCUT2D eigenvalue weighted by Crippen LogP contribution is 2.29. The lowest BCUT2D eigenvalue weighted by Gasteiger charge is -2.29. The predicted octanol–water partition coefficient (Wildman–Crippen LogP) is 4.87. The van der Waals surface area contributed by atoms with Crippen LogP contribution in [0.5, 0.6) is 5.75 Å². The molecule has 2 aromatic rings. The number of carbonyl (C=O) groups is 1. The molecule has 31 heavy (non-hydrogen) atoms. The molecule has 1 amide bonds. The summed E-state index contributed by atoms with van der Waals surface area (Å²) in [5.41, 5.74) is 3.40. The first-order chi connectivity index (χ1) is 15.0. The average Bonchev–Trinajstić information content (AvgIpc) is 3.11. The highest BCUT2D eigenvalue weighted by molar-refractivity contribution is 5.68. The van der Waals surface area contributed by atoms with Gasteiger partial charge in [-0.2, -0.15) is 5.10 Å². The number of hydrogen-bond acceptors (Lipinski definition) is 5. The molecule has 0 N–H and O–H groups in total. The second kappa shape index (κ2) is 9.71. The van der Waals surface area contributed by atoms with Crippen LogP contribution in [0.3, 0.4) is 0 Å².